The van der Waals surface area contributed by atoms with Crippen molar-refractivity contribution in [2.24, 2.45) is 0 Å². The second-order valence-corrected chi connectivity index (χ2v) is 24.0. The molecule has 0 amide bonds. The number of nitrogens with zero attached hydrogens (tertiary/aromatic N) is 3. The summed E-state index contributed by atoms with van der Waals surface area (Å²) in [4.78, 5) is 2.30. The van der Waals surface area contributed by atoms with Crippen LogP contribution in [0.3, 0.4) is 0 Å². The Kier molecular flexibility index (Phi) is 13.5. The molecule has 0 saturated carbocycles. The molecule has 2 unspecified atom stereocenters. The number of anilines is 3. The lowest BCUT2D eigenvalue weighted by Crippen LogP contribution is -2.53. The summed E-state index contributed by atoms with van der Waals surface area (Å²) in [5, 5.41) is 15.6. The first-order valence-corrected chi connectivity index (χ1v) is 26.2. The number of pyridine rings is 1. The molecule has 1 aromatic heterocycles. The quantitative estimate of drug-likeness (QED) is 0.0636. The van der Waals surface area contributed by atoms with Gasteiger partial charge in [0.05, 0.1) is 37.5 Å². The maximum atomic E-state index is 10.3. The van der Waals surface area contributed by atoms with Gasteiger partial charge in [-0.15, -0.1) is 0 Å². The molecule has 5 heteroatoms. The van der Waals surface area contributed by atoms with E-state index in [9.17, 15) is 5.26 Å². The van der Waals surface area contributed by atoms with Crippen LogP contribution in [0, 0.1) is 11.3 Å². The molecular formula is C58H65N4Si+. The second kappa shape index (κ2) is 19.0. The van der Waals surface area contributed by atoms with Crippen molar-refractivity contribution >= 4 is 30.3 Å². The van der Waals surface area contributed by atoms with Crippen molar-refractivity contribution in [2.45, 2.75) is 97.3 Å². The molecule has 0 fully saturated rings. The molecule has 0 saturated heterocycles. The van der Waals surface area contributed by atoms with Crippen LogP contribution in [-0.2, 0) is 0 Å². The number of para-hydroxylation sites is 2. The van der Waals surface area contributed by atoms with Crippen LogP contribution in [0.4, 0.5) is 17.1 Å². The highest BCUT2D eigenvalue weighted by atomic mass is 28.3. The van der Waals surface area contributed by atoms with Crippen LogP contribution >= 0.6 is 0 Å². The third kappa shape index (κ3) is 9.43. The van der Waals surface area contributed by atoms with E-state index in [4.69, 9.17) is 6.58 Å². The Morgan fingerprint density at radius 1 is 0.794 bits per heavy atom. The zero-order valence-electron chi connectivity index (χ0n) is 39.0. The lowest BCUT2D eigenvalue weighted by atomic mass is 9.77. The van der Waals surface area contributed by atoms with Gasteiger partial charge in [-0.3, -0.25) is 0 Å². The lowest BCUT2D eigenvalue weighted by molar-refractivity contribution is -0.717. The van der Waals surface area contributed by atoms with Crippen molar-refractivity contribution in [2.75, 3.05) is 17.3 Å². The van der Waals surface area contributed by atoms with Gasteiger partial charge in [0, 0.05) is 41.2 Å². The van der Waals surface area contributed by atoms with E-state index in [0.717, 1.165) is 47.5 Å². The van der Waals surface area contributed by atoms with E-state index in [2.05, 4.69) is 216 Å². The van der Waals surface area contributed by atoms with Crippen molar-refractivity contribution in [3.05, 3.63) is 186 Å². The van der Waals surface area contributed by atoms with Crippen LogP contribution < -0.4 is 20.0 Å². The molecule has 1 aliphatic heterocycles. The van der Waals surface area contributed by atoms with Gasteiger partial charge < -0.3 is 10.2 Å². The van der Waals surface area contributed by atoms with E-state index in [1.807, 2.05) is 12.1 Å². The maximum Gasteiger partial charge on any atom is 0.213 e. The average Bonchev–Trinajstić information content (AvgIpc) is 3.28. The fourth-order valence-electron chi connectivity index (χ4n) is 9.49. The Morgan fingerprint density at radius 2 is 1.41 bits per heavy atom. The molecule has 7 rings (SSSR count). The van der Waals surface area contributed by atoms with Crippen LogP contribution in [-0.4, -0.2) is 15.1 Å². The van der Waals surface area contributed by atoms with Crippen LogP contribution in [0.15, 0.2) is 164 Å². The normalized spacial score (nSPS) is 14.6. The third-order valence-electron chi connectivity index (χ3n) is 12.9. The summed E-state index contributed by atoms with van der Waals surface area (Å²) >= 11 is 0. The summed E-state index contributed by atoms with van der Waals surface area (Å²) in [6.07, 6.45) is 9.31. The molecule has 2 atom stereocenters. The SMILES string of the molecule is C=C(/C=C\C)CCC1c2ccccc2-c2cc(-c3ccccc3C#N)c([Si](C)(C)C)c[n+]2C1CC(=C)N(C)c1ccccc1Nc1c(C(C)C)cc(-c2ccccc2)cc1C(C)C. The predicted octanol–water partition coefficient (Wildman–Crippen LogP) is 15.0. The number of rotatable bonds is 15. The zero-order valence-corrected chi connectivity index (χ0v) is 40.0. The summed E-state index contributed by atoms with van der Waals surface area (Å²) in [6.45, 7) is 27.8. The van der Waals surface area contributed by atoms with Crippen LogP contribution in [0.2, 0.25) is 19.6 Å². The largest absolute Gasteiger partial charge is 0.353 e. The number of nitriles is 1. The Morgan fingerprint density at radius 3 is 2.06 bits per heavy atom. The molecule has 0 radical (unpaired) electrons. The maximum absolute atomic E-state index is 10.3. The molecule has 6 aromatic rings. The van der Waals surface area contributed by atoms with Gasteiger partial charge in [0.2, 0.25) is 5.69 Å². The van der Waals surface area contributed by atoms with Crippen LogP contribution in [0.25, 0.3) is 33.5 Å². The predicted molar refractivity (Wildman–Crippen MR) is 272 cm³/mol. The van der Waals surface area contributed by atoms with Crippen molar-refractivity contribution < 1.29 is 4.57 Å². The van der Waals surface area contributed by atoms with E-state index < -0.39 is 8.07 Å². The summed E-state index contributed by atoms with van der Waals surface area (Å²) in [5.74, 6) is 0.849. The molecule has 0 spiro atoms. The molecule has 1 N–H and O–H groups in total. The summed E-state index contributed by atoms with van der Waals surface area (Å²) in [7, 11) is 0.227. The molecule has 5 aromatic carbocycles. The van der Waals surface area contributed by atoms with Crippen LogP contribution in [0.1, 0.15) is 99.9 Å². The molecule has 0 aliphatic carbocycles. The minimum Gasteiger partial charge on any atom is -0.353 e. The smallest absolute Gasteiger partial charge is 0.213 e. The van der Waals surface area contributed by atoms with Crippen molar-refractivity contribution in [1.82, 2.24) is 0 Å². The first-order valence-electron chi connectivity index (χ1n) is 22.7. The molecule has 320 valence electrons. The number of hydrogen-bond donors (Lipinski definition) is 1. The number of fused-ring (bicyclic) bond motifs is 3. The number of benzene rings is 5. The average molecular weight is 846 g/mol. The van der Waals surface area contributed by atoms with Crippen LogP contribution in [0.5, 0.6) is 0 Å². The third-order valence-corrected chi connectivity index (χ3v) is 14.9. The Balaban J connectivity index is 1.33. The molecule has 1 aliphatic rings. The van der Waals surface area contributed by atoms with Gasteiger partial charge in [-0.05, 0) is 107 Å². The Hall–Kier alpha value is -6.22. The van der Waals surface area contributed by atoms with Crippen molar-refractivity contribution in [3.8, 4) is 39.6 Å². The first kappa shape index (κ1) is 44.8. The van der Waals surface area contributed by atoms with Gasteiger partial charge in [-0.2, -0.15) is 9.83 Å². The summed E-state index contributed by atoms with van der Waals surface area (Å²) in [6, 6.07) is 46.2. The fourth-order valence-corrected chi connectivity index (χ4v) is 11.0. The van der Waals surface area contributed by atoms with Gasteiger partial charge in [0.1, 0.15) is 0 Å². The van der Waals surface area contributed by atoms with Gasteiger partial charge in [0.25, 0.3) is 0 Å². The standard InChI is InChI=1S/C58H65N4Si/c1-12-22-41(6)31-32-49-47-27-18-19-28-48(47)56-36-52(46-26-17-16-25-44(46)37-59)57(63(9,10)11)38-62(56)55(49)33-42(7)61(8)54-30-21-20-29-53(54)60-58-50(39(2)3)34-45(35-51(58)40(4)5)43-23-14-13-15-24-43/h12-30,34-36,38-40,49,55,60H,6-7,31-33H2,1-5,8-11H3/q+1/b22-12-. The minimum absolute atomic E-state index is 0.0874. The van der Waals surface area contributed by atoms with Gasteiger partial charge >= 0.3 is 0 Å². The zero-order chi connectivity index (χ0) is 45.0. The van der Waals surface area contributed by atoms with Gasteiger partial charge in [0.15, 0.2) is 12.2 Å². The Labute approximate surface area is 379 Å². The highest BCUT2D eigenvalue weighted by molar-refractivity contribution is 6.89. The highest BCUT2D eigenvalue weighted by Crippen LogP contribution is 2.46. The van der Waals surface area contributed by atoms with E-state index in [0.29, 0.717) is 17.4 Å². The van der Waals surface area contributed by atoms with Gasteiger partial charge in [-0.25, -0.2) is 0 Å². The number of allylic oxidation sites excluding steroid dienone is 4. The minimum atomic E-state index is -1.95. The van der Waals surface area contributed by atoms with Gasteiger partial charge in [-0.1, -0.05) is 157 Å². The monoisotopic (exact) mass is 845 g/mol. The number of hydrogen-bond acceptors (Lipinski definition) is 3. The molecule has 4 nitrogen and oxygen atoms in total. The topological polar surface area (TPSA) is 42.9 Å². The van der Waals surface area contributed by atoms with Crippen molar-refractivity contribution in [1.29, 1.82) is 5.26 Å². The lowest BCUT2D eigenvalue weighted by Gasteiger charge is -2.34. The molecule has 2 heterocycles. The molecular weight excluding hydrogens is 781 g/mol. The fraction of sp³-hybridized carbons (Fsp3) is 0.276. The van der Waals surface area contributed by atoms with E-state index >= 15 is 0 Å². The van der Waals surface area contributed by atoms with E-state index in [-0.39, 0.29) is 12.0 Å². The second-order valence-electron chi connectivity index (χ2n) is 18.9. The number of nitrogens with one attached hydrogen (secondary N) is 1. The summed E-state index contributed by atoms with van der Waals surface area (Å²) < 4.78 is 2.58. The summed E-state index contributed by atoms with van der Waals surface area (Å²) in [5.41, 5.74) is 17.3. The highest BCUT2D eigenvalue weighted by Gasteiger charge is 2.42. The Bertz CT molecular complexity index is 2680. The first-order chi connectivity index (χ1) is 30.2. The van der Waals surface area contributed by atoms with E-state index in [1.54, 1.807) is 0 Å². The van der Waals surface area contributed by atoms with E-state index in [1.165, 1.54) is 55.5 Å². The van der Waals surface area contributed by atoms with Crippen molar-refractivity contribution in [3.63, 3.8) is 0 Å². The molecule has 63 heavy (non-hydrogen) atoms. The number of aromatic nitrogens is 1. The molecule has 0 bridgehead atoms.